The SMILES string of the molecule is c1ccc2c(c1)Cn1cccc1C(N1CC[N]CC1)=N2. The van der Waals surface area contributed by atoms with Gasteiger partial charge < -0.3 is 9.47 Å². The topological polar surface area (TPSA) is 34.6 Å². The first-order valence-electron chi connectivity index (χ1n) is 7.12. The van der Waals surface area contributed by atoms with Crippen LogP contribution in [0.3, 0.4) is 0 Å². The van der Waals surface area contributed by atoms with Crippen LogP contribution in [0.15, 0.2) is 47.6 Å². The van der Waals surface area contributed by atoms with Crippen molar-refractivity contribution < 1.29 is 0 Å². The number of aliphatic imine (C=N–C) groups is 1. The van der Waals surface area contributed by atoms with Crippen molar-refractivity contribution >= 4 is 11.5 Å². The van der Waals surface area contributed by atoms with Crippen LogP contribution in [0.25, 0.3) is 0 Å². The molecule has 0 unspecified atom stereocenters. The smallest absolute Gasteiger partial charge is 0.153 e. The highest BCUT2D eigenvalue weighted by atomic mass is 15.3. The molecule has 1 radical (unpaired) electrons. The zero-order valence-electron chi connectivity index (χ0n) is 11.4. The Morgan fingerprint density at radius 1 is 0.950 bits per heavy atom. The normalized spacial score (nSPS) is 18.0. The van der Waals surface area contributed by atoms with Crippen molar-refractivity contribution in [1.82, 2.24) is 14.8 Å². The maximum atomic E-state index is 4.96. The molecule has 1 saturated heterocycles. The molecule has 4 rings (SSSR count). The largest absolute Gasteiger partial charge is 0.352 e. The molecular formula is C16H17N4. The molecule has 1 aromatic heterocycles. The van der Waals surface area contributed by atoms with Gasteiger partial charge in [-0.2, -0.15) is 0 Å². The summed E-state index contributed by atoms with van der Waals surface area (Å²) in [7, 11) is 0. The minimum atomic E-state index is 0.893. The summed E-state index contributed by atoms with van der Waals surface area (Å²) in [5.74, 6) is 1.09. The molecule has 0 amide bonds. The average molecular weight is 265 g/mol. The van der Waals surface area contributed by atoms with Gasteiger partial charge in [0.15, 0.2) is 5.84 Å². The Kier molecular flexibility index (Phi) is 2.81. The summed E-state index contributed by atoms with van der Waals surface area (Å²) >= 11 is 0. The minimum absolute atomic E-state index is 0.893. The lowest BCUT2D eigenvalue weighted by atomic mass is 10.2. The van der Waals surface area contributed by atoms with E-state index >= 15 is 0 Å². The quantitative estimate of drug-likeness (QED) is 0.716. The lowest BCUT2D eigenvalue weighted by Gasteiger charge is -2.29. The van der Waals surface area contributed by atoms with E-state index in [0.29, 0.717) is 0 Å². The van der Waals surface area contributed by atoms with Crippen molar-refractivity contribution in [3.8, 4) is 0 Å². The molecule has 2 aliphatic heterocycles. The molecule has 4 heteroatoms. The Balaban J connectivity index is 1.84. The third-order valence-electron chi connectivity index (χ3n) is 3.97. The van der Waals surface area contributed by atoms with Crippen LogP contribution in [-0.4, -0.2) is 41.5 Å². The van der Waals surface area contributed by atoms with Gasteiger partial charge >= 0.3 is 0 Å². The molecule has 4 nitrogen and oxygen atoms in total. The number of hydrogen-bond donors (Lipinski definition) is 0. The summed E-state index contributed by atoms with van der Waals surface area (Å²) in [5.41, 5.74) is 3.58. The number of para-hydroxylation sites is 1. The minimum Gasteiger partial charge on any atom is -0.352 e. The molecule has 101 valence electrons. The third-order valence-corrected chi connectivity index (χ3v) is 3.97. The van der Waals surface area contributed by atoms with Crippen molar-refractivity contribution in [3.05, 3.63) is 53.9 Å². The second-order valence-electron chi connectivity index (χ2n) is 5.24. The number of nitrogens with zero attached hydrogens (tertiary/aromatic N) is 4. The van der Waals surface area contributed by atoms with Crippen molar-refractivity contribution in [2.24, 2.45) is 4.99 Å². The van der Waals surface area contributed by atoms with E-state index in [9.17, 15) is 0 Å². The second kappa shape index (κ2) is 4.80. The monoisotopic (exact) mass is 265 g/mol. The van der Waals surface area contributed by atoms with Crippen LogP contribution in [0.4, 0.5) is 5.69 Å². The molecular weight excluding hydrogens is 248 g/mol. The van der Waals surface area contributed by atoms with Gasteiger partial charge in [0.2, 0.25) is 0 Å². The standard InChI is InChI=1S/C16H17N4/c1-2-5-14-13(4-1)12-20-9-3-6-15(20)16(18-14)19-10-7-17-8-11-19/h1-6,9H,7-8,10-12H2. The van der Waals surface area contributed by atoms with Gasteiger partial charge in [-0.05, 0) is 23.8 Å². The Hall–Kier alpha value is -2.07. The lowest BCUT2D eigenvalue weighted by Crippen LogP contribution is -2.44. The summed E-state index contributed by atoms with van der Waals surface area (Å²) in [4.78, 5) is 7.32. The van der Waals surface area contributed by atoms with E-state index in [1.807, 2.05) is 0 Å². The highest BCUT2D eigenvalue weighted by Crippen LogP contribution is 2.26. The summed E-state index contributed by atoms with van der Waals surface area (Å²) in [6.07, 6.45) is 2.14. The van der Waals surface area contributed by atoms with E-state index in [-0.39, 0.29) is 0 Å². The Morgan fingerprint density at radius 2 is 1.80 bits per heavy atom. The van der Waals surface area contributed by atoms with E-state index in [2.05, 4.69) is 57.4 Å². The second-order valence-corrected chi connectivity index (χ2v) is 5.24. The Bertz CT molecular complexity index is 650. The molecule has 1 aromatic carbocycles. The molecule has 20 heavy (non-hydrogen) atoms. The van der Waals surface area contributed by atoms with Gasteiger partial charge in [-0.25, -0.2) is 10.3 Å². The van der Waals surface area contributed by atoms with Crippen LogP contribution < -0.4 is 5.32 Å². The number of fused-ring (bicyclic) bond motifs is 2. The molecule has 1 fully saturated rings. The third kappa shape index (κ3) is 1.93. The maximum absolute atomic E-state index is 4.96. The van der Waals surface area contributed by atoms with Crippen LogP contribution in [-0.2, 0) is 6.54 Å². The number of piperazine rings is 1. The van der Waals surface area contributed by atoms with Gasteiger partial charge in [0.25, 0.3) is 0 Å². The zero-order chi connectivity index (χ0) is 13.4. The molecule has 2 aliphatic rings. The van der Waals surface area contributed by atoms with Gasteiger partial charge in [-0.15, -0.1) is 0 Å². The van der Waals surface area contributed by atoms with Crippen LogP contribution in [0, 0.1) is 0 Å². The molecule has 0 atom stereocenters. The molecule has 0 saturated carbocycles. The van der Waals surface area contributed by atoms with E-state index in [4.69, 9.17) is 4.99 Å². The zero-order valence-corrected chi connectivity index (χ0v) is 11.4. The summed E-state index contributed by atoms with van der Waals surface area (Å²) in [5, 5.41) is 4.43. The number of amidine groups is 1. The van der Waals surface area contributed by atoms with Gasteiger partial charge in [0.05, 0.1) is 11.4 Å². The highest BCUT2D eigenvalue weighted by molar-refractivity contribution is 5.99. The van der Waals surface area contributed by atoms with E-state index in [1.165, 1.54) is 11.3 Å². The predicted octanol–water partition coefficient (Wildman–Crippen LogP) is 1.85. The van der Waals surface area contributed by atoms with Crippen LogP contribution in [0.1, 0.15) is 11.3 Å². The van der Waals surface area contributed by atoms with Crippen molar-refractivity contribution in [1.29, 1.82) is 0 Å². The fourth-order valence-corrected chi connectivity index (χ4v) is 2.91. The van der Waals surface area contributed by atoms with Crippen molar-refractivity contribution in [2.75, 3.05) is 26.2 Å². The van der Waals surface area contributed by atoms with Gasteiger partial charge in [0.1, 0.15) is 0 Å². The summed E-state index contributed by atoms with van der Waals surface area (Å²) in [6.45, 7) is 4.63. The molecule has 0 N–H and O–H groups in total. The first-order chi connectivity index (χ1) is 9.92. The van der Waals surface area contributed by atoms with Gasteiger partial charge in [0, 0.05) is 38.9 Å². The first-order valence-corrected chi connectivity index (χ1v) is 7.12. The summed E-state index contributed by atoms with van der Waals surface area (Å²) in [6, 6.07) is 12.7. The number of benzene rings is 1. The summed E-state index contributed by atoms with van der Waals surface area (Å²) < 4.78 is 2.29. The molecule has 3 heterocycles. The molecule has 0 aliphatic carbocycles. The molecule has 0 spiro atoms. The van der Waals surface area contributed by atoms with Crippen LogP contribution >= 0.6 is 0 Å². The van der Waals surface area contributed by atoms with Crippen molar-refractivity contribution in [2.45, 2.75) is 6.54 Å². The van der Waals surface area contributed by atoms with E-state index < -0.39 is 0 Å². The average Bonchev–Trinajstić information content (AvgIpc) is 2.89. The van der Waals surface area contributed by atoms with Gasteiger partial charge in [-0.3, -0.25) is 0 Å². The first kappa shape index (κ1) is 11.7. The molecule has 0 bridgehead atoms. The Labute approximate surface area is 118 Å². The van der Waals surface area contributed by atoms with E-state index in [0.717, 1.165) is 44.2 Å². The fraction of sp³-hybridized carbons (Fsp3) is 0.312. The lowest BCUT2D eigenvalue weighted by molar-refractivity contribution is 0.352. The highest BCUT2D eigenvalue weighted by Gasteiger charge is 2.22. The number of rotatable bonds is 0. The van der Waals surface area contributed by atoms with Gasteiger partial charge in [-0.1, -0.05) is 18.2 Å². The predicted molar refractivity (Wildman–Crippen MR) is 79.6 cm³/mol. The molecule has 2 aromatic rings. The van der Waals surface area contributed by atoms with E-state index in [1.54, 1.807) is 0 Å². The fourth-order valence-electron chi connectivity index (χ4n) is 2.91. The number of aromatic nitrogens is 1. The van der Waals surface area contributed by atoms with Crippen LogP contribution in [0.5, 0.6) is 0 Å². The maximum Gasteiger partial charge on any atom is 0.153 e. The number of hydrogen-bond acceptors (Lipinski definition) is 2. The Morgan fingerprint density at radius 3 is 2.70 bits per heavy atom. The van der Waals surface area contributed by atoms with Crippen molar-refractivity contribution in [3.63, 3.8) is 0 Å². The van der Waals surface area contributed by atoms with Crippen LogP contribution in [0.2, 0.25) is 0 Å².